The zero-order valence-electron chi connectivity index (χ0n) is 56.6. The maximum absolute atomic E-state index is 7.30. The Bertz CT molecular complexity index is 3590. The van der Waals surface area contributed by atoms with Gasteiger partial charge in [-0.15, -0.1) is 0 Å². The number of rotatable bonds is 30. The summed E-state index contributed by atoms with van der Waals surface area (Å²) in [6.07, 6.45) is 24.8. The average molecular weight is 1200 g/mol. The number of para-hydroxylation sites is 4. The van der Waals surface area contributed by atoms with Gasteiger partial charge in [0.2, 0.25) is 0 Å². The Morgan fingerprint density at radius 1 is 0.278 bits per heavy atom. The van der Waals surface area contributed by atoms with Gasteiger partial charge in [0.15, 0.2) is 0 Å². The van der Waals surface area contributed by atoms with E-state index in [1.54, 1.807) is 0 Å². The number of unbranched alkanes of at least 4 members (excludes halogenated alkanes) is 10. The van der Waals surface area contributed by atoms with Crippen molar-refractivity contribution in [3.63, 3.8) is 0 Å². The topological polar surface area (TPSA) is 24.9 Å². The van der Waals surface area contributed by atoms with Gasteiger partial charge in [-0.05, 0) is 216 Å². The van der Waals surface area contributed by atoms with Crippen molar-refractivity contribution in [1.29, 1.82) is 0 Å². The molecule has 0 fully saturated rings. The lowest BCUT2D eigenvalue weighted by Gasteiger charge is -2.34. The molecule has 90 heavy (non-hydrogen) atoms. The molecule has 2 aliphatic rings. The highest BCUT2D eigenvalue weighted by Crippen LogP contribution is 2.57. The average Bonchev–Trinajstić information content (AvgIpc) is 1.50. The van der Waals surface area contributed by atoms with Gasteiger partial charge in [0.1, 0.15) is 0 Å². The lowest BCUT2D eigenvalue weighted by atomic mass is 9.81. The van der Waals surface area contributed by atoms with Gasteiger partial charge in [-0.3, -0.25) is 0 Å². The molecular weight excluding hydrogens is 1090 g/mol. The molecule has 9 aromatic carbocycles. The monoisotopic (exact) mass is 1200 g/mol. The molecule has 0 saturated carbocycles. The summed E-state index contributed by atoms with van der Waals surface area (Å²) >= 11 is 0. The fraction of sp³-hybridized carbons (Fsp3) is 0.419. The molecule has 2 aliphatic heterocycles. The van der Waals surface area contributed by atoms with Crippen molar-refractivity contribution in [2.45, 2.75) is 233 Å². The Morgan fingerprint density at radius 2 is 0.611 bits per heavy atom. The SMILES string of the molecule is CCCCCCCCc1c(CCCCCCCC)c2cc(N(c3ccccc3)c3ccccc3-c3ccc4c(c3)C(CC)(CC)OC4(CC)CC)ccc2c2ccc(N(c3ccccc3)c3ccccc3-c3ccc4c(c3)C(CC)(CC)OC4(CC)CC)cc12. The molecule has 0 amide bonds. The first-order chi connectivity index (χ1) is 44.1. The van der Waals surface area contributed by atoms with Crippen molar-refractivity contribution in [3.8, 4) is 22.3 Å². The van der Waals surface area contributed by atoms with Crippen LogP contribution in [0.15, 0.2) is 182 Å². The fourth-order valence-corrected chi connectivity index (χ4v) is 16.2. The van der Waals surface area contributed by atoms with Crippen molar-refractivity contribution >= 4 is 55.7 Å². The summed E-state index contributed by atoms with van der Waals surface area (Å²) in [5.41, 5.74) is 19.3. The van der Waals surface area contributed by atoms with Gasteiger partial charge in [0.05, 0.1) is 33.8 Å². The normalized spacial score (nSPS) is 15.1. The highest BCUT2D eigenvalue weighted by atomic mass is 16.5. The molecule has 0 aliphatic carbocycles. The minimum Gasteiger partial charge on any atom is -0.359 e. The van der Waals surface area contributed by atoms with E-state index in [-0.39, 0.29) is 22.4 Å². The van der Waals surface area contributed by atoms with Crippen LogP contribution < -0.4 is 9.80 Å². The molecule has 4 nitrogen and oxygen atoms in total. The second-order valence-corrected chi connectivity index (χ2v) is 26.4. The van der Waals surface area contributed by atoms with E-state index in [0.717, 1.165) is 75.6 Å². The van der Waals surface area contributed by atoms with Crippen LogP contribution >= 0.6 is 0 Å². The summed E-state index contributed by atoms with van der Waals surface area (Å²) in [5.74, 6) is 0. The van der Waals surface area contributed by atoms with Gasteiger partial charge in [-0.25, -0.2) is 0 Å². The largest absolute Gasteiger partial charge is 0.359 e. The minimum absolute atomic E-state index is 0.270. The summed E-state index contributed by atoms with van der Waals surface area (Å²) in [4.78, 5) is 5.08. The van der Waals surface area contributed by atoms with Crippen LogP contribution in [0.1, 0.15) is 231 Å². The molecule has 0 saturated heterocycles. The third-order valence-corrected chi connectivity index (χ3v) is 21.7. The minimum atomic E-state index is -0.316. The molecule has 0 bridgehead atoms. The van der Waals surface area contributed by atoms with Crippen LogP contribution in [0.25, 0.3) is 43.8 Å². The number of nitrogens with zero attached hydrogens (tertiary/aromatic N) is 2. The van der Waals surface area contributed by atoms with E-state index in [4.69, 9.17) is 9.47 Å². The Kier molecular flexibility index (Phi) is 20.6. The van der Waals surface area contributed by atoms with Gasteiger partial charge >= 0.3 is 0 Å². The molecule has 0 unspecified atom stereocenters. The van der Waals surface area contributed by atoms with Gasteiger partial charge in [0, 0.05) is 33.9 Å². The van der Waals surface area contributed by atoms with Crippen molar-refractivity contribution in [1.82, 2.24) is 0 Å². The van der Waals surface area contributed by atoms with E-state index in [9.17, 15) is 0 Å². The lowest BCUT2D eigenvalue weighted by Crippen LogP contribution is -2.31. The number of hydrogen-bond donors (Lipinski definition) is 0. The highest BCUT2D eigenvalue weighted by molar-refractivity contribution is 6.13. The van der Waals surface area contributed by atoms with Crippen LogP contribution in [-0.4, -0.2) is 0 Å². The smallest absolute Gasteiger partial charge is 0.0942 e. The van der Waals surface area contributed by atoms with Crippen LogP contribution in [0.2, 0.25) is 0 Å². The first kappa shape index (κ1) is 64.5. The second kappa shape index (κ2) is 28.7. The zero-order chi connectivity index (χ0) is 62.9. The molecule has 2 heterocycles. The van der Waals surface area contributed by atoms with E-state index in [1.165, 1.54) is 177 Å². The van der Waals surface area contributed by atoms with E-state index in [2.05, 4.69) is 261 Å². The van der Waals surface area contributed by atoms with E-state index in [0.29, 0.717) is 0 Å². The van der Waals surface area contributed by atoms with Crippen molar-refractivity contribution in [2.75, 3.05) is 9.80 Å². The number of anilines is 6. The van der Waals surface area contributed by atoms with E-state index in [1.807, 2.05) is 0 Å². The maximum atomic E-state index is 7.30. The lowest BCUT2D eigenvalue weighted by molar-refractivity contribution is -0.151. The summed E-state index contributed by atoms with van der Waals surface area (Å²) in [7, 11) is 0. The molecule has 0 N–H and O–H groups in total. The molecule has 0 atom stereocenters. The second-order valence-electron chi connectivity index (χ2n) is 26.4. The highest BCUT2D eigenvalue weighted by Gasteiger charge is 2.51. The molecule has 9 aromatic rings. The first-order valence-electron chi connectivity index (χ1n) is 35.7. The van der Waals surface area contributed by atoms with Crippen LogP contribution in [0.4, 0.5) is 34.1 Å². The molecule has 0 radical (unpaired) electrons. The Balaban J connectivity index is 1.11. The van der Waals surface area contributed by atoms with E-state index >= 15 is 0 Å². The van der Waals surface area contributed by atoms with Crippen LogP contribution in [0, 0.1) is 0 Å². The molecule has 470 valence electrons. The van der Waals surface area contributed by atoms with Gasteiger partial charge in [-0.1, -0.05) is 243 Å². The van der Waals surface area contributed by atoms with Crippen molar-refractivity contribution in [3.05, 3.63) is 215 Å². The number of benzene rings is 9. The van der Waals surface area contributed by atoms with Gasteiger partial charge in [0.25, 0.3) is 0 Å². The van der Waals surface area contributed by atoms with Crippen molar-refractivity contribution in [2.24, 2.45) is 0 Å². The zero-order valence-corrected chi connectivity index (χ0v) is 56.6. The number of hydrogen-bond acceptors (Lipinski definition) is 4. The molecule has 4 heteroatoms. The Labute approximate surface area is 542 Å². The third kappa shape index (κ3) is 12.1. The molecule has 11 rings (SSSR count). The third-order valence-electron chi connectivity index (χ3n) is 21.7. The quantitative estimate of drug-likeness (QED) is 0.0331. The van der Waals surface area contributed by atoms with Crippen LogP contribution in [-0.2, 0) is 44.7 Å². The number of fused-ring (bicyclic) bond motifs is 5. The fourth-order valence-electron chi connectivity index (χ4n) is 16.2. The Morgan fingerprint density at radius 3 is 0.978 bits per heavy atom. The van der Waals surface area contributed by atoms with Crippen LogP contribution in [0.5, 0.6) is 0 Å². The standard InChI is InChI=1S/C86H104N2O2/c1-11-21-23-25-27-35-47-71-72(48-36-28-26-24-22-12-2)76-62-68(88(66-43-33-30-34-44-66)82-50-40-38-46-70(82)64-52-58-78-80(60-64)86(19-9,20-10)90-84(78,15-5)16-6)54-56-74(76)73-55-53-67(61-75(71)73)87(65-41-31-29-32-42-65)81-49-39-37-45-69(81)63-51-57-77-79(59-63)85(17-7,18-8)89-83(77,13-3)14-4/h29-34,37-46,49-62H,11-28,35-36,47-48H2,1-10H3. The van der Waals surface area contributed by atoms with Crippen molar-refractivity contribution < 1.29 is 9.47 Å². The van der Waals surface area contributed by atoms with Gasteiger partial charge in [-0.2, -0.15) is 0 Å². The van der Waals surface area contributed by atoms with Crippen LogP contribution in [0.3, 0.4) is 0 Å². The Hall–Kier alpha value is -6.98. The van der Waals surface area contributed by atoms with E-state index < -0.39 is 0 Å². The predicted octanol–water partition coefficient (Wildman–Crippen LogP) is 26.2. The summed E-state index contributed by atoms with van der Waals surface area (Å²) in [6, 6.07) is 70.0. The summed E-state index contributed by atoms with van der Waals surface area (Å²) < 4.78 is 14.6. The van der Waals surface area contributed by atoms with Gasteiger partial charge < -0.3 is 19.3 Å². The number of ether oxygens (including phenoxy) is 2. The maximum Gasteiger partial charge on any atom is 0.0942 e. The summed E-state index contributed by atoms with van der Waals surface area (Å²) in [6.45, 7) is 23.1. The number of aryl methyl sites for hydroxylation is 2. The molecule has 0 aromatic heterocycles. The summed E-state index contributed by atoms with van der Waals surface area (Å²) in [5, 5.41) is 5.43. The molecule has 0 spiro atoms. The predicted molar refractivity (Wildman–Crippen MR) is 387 cm³/mol. The molecular formula is C86H104N2O2. The first-order valence-corrected chi connectivity index (χ1v) is 35.7.